The SMILES string of the molecule is Cn1ccc(NC(=O)c2cccc(S)c2)n1. The normalized spacial score (nSPS) is 10.1. The molecule has 82 valence electrons. The highest BCUT2D eigenvalue weighted by Crippen LogP contribution is 2.11. The summed E-state index contributed by atoms with van der Waals surface area (Å²) in [7, 11) is 1.80. The third-order valence-electron chi connectivity index (χ3n) is 2.06. The molecule has 0 saturated heterocycles. The molecule has 0 bridgehead atoms. The average molecular weight is 233 g/mol. The van der Waals surface area contributed by atoms with Crippen LogP contribution in [-0.2, 0) is 7.05 Å². The minimum absolute atomic E-state index is 0.186. The first kappa shape index (κ1) is 10.8. The topological polar surface area (TPSA) is 46.9 Å². The summed E-state index contributed by atoms with van der Waals surface area (Å²) in [5, 5.41) is 6.77. The van der Waals surface area contributed by atoms with E-state index in [0.29, 0.717) is 11.4 Å². The van der Waals surface area contributed by atoms with Crippen LogP contribution in [0.5, 0.6) is 0 Å². The van der Waals surface area contributed by atoms with Crippen molar-refractivity contribution in [2.45, 2.75) is 4.90 Å². The summed E-state index contributed by atoms with van der Waals surface area (Å²) in [6.07, 6.45) is 1.77. The number of anilines is 1. The number of aromatic nitrogens is 2. The first-order chi connectivity index (χ1) is 7.65. The summed E-state index contributed by atoms with van der Waals surface area (Å²) in [5.41, 5.74) is 0.568. The number of rotatable bonds is 2. The number of carbonyl (C=O) groups is 1. The molecule has 0 aliphatic heterocycles. The Balaban J connectivity index is 2.14. The number of carbonyl (C=O) groups excluding carboxylic acids is 1. The van der Waals surface area contributed by atoms with E-state index in [0.717, 1.165) is 4.90 Å². The molecule has 0 fully saturated rings. The van der Waals surface area contributed by atoms with Crippen LogP contribution >= 0.6 is 12.6 Å². The number of aryl methyl sites for hydroxylation is 1. The molecule has 2 rings (SSSR count). The average Bonchev–Trinajstić information content (AvgIpc) is 2.64. The maximum atomic E-state index is 11.8. The Labute approximate surface area is 98.7 Å². The van der Waals surface area contributed by atoms with Crippen molar-refractivity contribution in [1.29, 1.82) is 0 Å². The van der Waals surface area contributed by atoms with Crippen molar-refractivity contribution in [3.05, 3.63) is 42.1 Å². The van der Waals surface area contributed by atoms with Crippen molar-refractivity contribution in [2.24, 2.45) is 7.05 Å². The number of hydrogen-bond acceptors (Lipinski definition) is 3. The summed E-state index contributed by atoms with van der Waals surface area (Å²) in [4.78, 5) is 12.5. The molecule has 0 aliphatic rings. The third-order valence-corrected chi connectivity index (χ3v) is 2.34. The van der Waals surface area contributed by atoms with Crippen molar-refractivity contribution in [2.75, 3.05) is 5.32 Å². The predicted octanol–water partition coefficient (Wildman–Crippen LogP) is 1.96. The van der Waals surface area contributed by atoms with Crippen molar-refractivity contribution in [3.63, 3.8) is 0 Å². The van der Waals surface area contributed by atoms with E-state index >= 15 is 0 Å². The van der Waals surface area contributed by atoms with Gasteiger partial charge in [-0.2, -0.15) is 5.10 Å². The van der Waals surface area contributed by atoms with E-state index in [9.17, 15) is 4.79 Å². The summed E-state index contributed by atoms with van der Waals surface area (Å²) >= 11 is 4.18. The first-order valence-electron chi connectivity index (χ1n) is 4.75. The molecule has 0 aliphatic carbocycles. The van der Waals surface area contributed by atoms with Crippen LogP contribution in [0.3, 0.4) is 0 Å². The predicted molar refractivity (Wildman–Crippen MR) is 64.9 cm³/mol. The van der Waals surface area contributed by atoms with Gasteiger partial charge in [0.05, 0.1) is 0 Å². The van der Waals surface area contributed by atoms with E-state index in [1.54, 1.807) is 42.2 Å². The Morgan fingerprint density at radius 2 is 2.25 bits per heavy atom. The molecule has 4 nitrogen and oxygen atoms in total. The molecular formula is C11H11N3OS. The van der Waals surface area contributed by atoms with E-state index in [2.05, 4.69) is 23.0 Å². The lowest BCUT2D eigenvalue weighted by Gasteiger charge is -2.02. The number of nitrogens with one attached hydrogen (secondary N) is 1. The van der Waals surface area contributed by atoms with Gasteiger partial charge in [0.1, 0.15) is 0 Å². The standard InChI is InChI=1S/C11H11N3OS/c1-14-6-5-10(13-14)12-11(15)8-3-2-4-9(16)7-8/h2-7,16H,1H3,(H,12,13,15). The lowest BCUT2D eigenvalue weighted by molar-refractivity contribution is 0.102. The van der Waals surface area contributed by atoms with Gasteiger partial charge in [-0.3, -0.25) is 9.48 Å². The molecule has 0 spiro atoms. The van der Waals surface area contributed by atoms with Crippen LogP contribution in [-0.4, -0.2) is 15.7 Å². The van der Waals surface area contributed by atoms with E-state index in [1.165, 1.54) is 0 Å². The van der Waals surface area contributed by atoms with Crippen molar-refractivity contribution in [3.8, 4) is 0 Å². The van der Waals surface area contributed by atoms with E-state index in [1.807, 2.05) is 6.07 Å². The third kappa shape index (κ3) is 2.43. The summed E-state index contributed by atoms with van der Waals surface area (Å²) in [6, 6.07) is 8.79. The zero-order valence-corrected chi connectivity index (χ0v) is 9.61. The number of amides is 1. The van der Waals surface area contributed by atoms with Gasteiger partial charge in [0.25, 0.3) is 5.91 Å². The van der Waals surface area contributed by atoms with Gasteiger partial charge < -0.3 is 5.32 Å². The molecule has 0 atom stereocenters. The zero-order valence-electron chi connectivity index (χ0n) is 8.71. The number of thiol groups is 1. The zero-order chi connectivity index (χ0) is 11.5. The molecule has 1 heterocycles. The summed E-state index contributed by atoms with van der Waals surface area (Å²) in [5.74, 6) is 0.353. The van der Waals surface area contributed by atoms with E-state index in [4.69, 9.17) is 0 Å². The van der Waals surface area contributed by atoms with Gasteiger partial charge in [0.2, 0.25) is 0 Å². The highest BCUT2D eigenvalue weighted by molar-refractivity contribution is 7.80. The van der Waals surface area contributed by atoms with Gasteiger partial charge >= 0.3 is 0 Å². The van der Waals surface area contributed by atoms with Crippen LogP contribution in [0, 0.1) is 0 Å². The molecule has 0 unspecified atom stereocenters. The highest BCUT2D eigenvalue weighted by Gasteiger charge is 2.07. The molecule has 1 amide bonds. The summed E-state index contributed by atoms with van der Waals surface area (Å²) < 4.78 is 1.63. The van der Waals surface area contributed by atoms with Crippen molar-refractivity contribution in [1.82, 2.24) is 9.78 Å². The second-order valence-corrected chi connectivity index (χ2v) is 3.90. The maximum Gasteiger partial charge on any atom is 0.256 e. The van der Waals surface area contributed by atoms with Crippen LogP contribution in [0.2, 0.25) is 0 Å². The van der Waals surface area contributed by atoms with Gasteiger partial charge in [-0.05, 0) is 18.2 Å². The fraction of sp³-hybridized carbons (Fsp3) is 0.0909. The van der Waals surface area contributed by atoms with Crippen LogP contribution in [0.4, 0.5) is 5.82 Å². The lowest BCUT2D eigenvalue weighted by Crippen LogP contribution is -2.12. The lowest BCUT2D eigenvalue weighted by atomic mass is 10.2. The summed E-state index contributed by atoms with van der Waals surface area (Å²) in [6.45, 7) is 0. The Kier molecular flexibility index (Phi) is 2.96. The molecule has 2 aromatic rings. The van der Waals surface area contributed by atoms with E-state index in [-0.39, 0.29) is 5.91 Å². The Morgan fingerprint density at radius 1 is 1.44 bits per heavy atom. The van der Waals surface area contributed by atoms with Gasteiger partial charge in [0.15, 0.2) is 5.82 Å². The second kappa shape index (κ2) is 4.40. The van der Waals surface area contributed by atoms with Crippen LogP contribution in [0.25, 0.3) is 0 Å². The van der Waals surface area contributed by atoms with Crippen molar-refractivity contribution >= 4 is 24.4 Å². The molecule has 0 radical (unpaired) electrons. The fourth-order valence-corrected chi connectivity index (χ4v) is 1.54. The Bertz CT molecular complexity index is 521. The van der Waals surface area contributed by atoms with Crippen LogP contribution in [0.1, 0.15) is 10.4 Å². The molecule has 1 N–H and O–H groups in total. The molecule has 1 aromatic carbocycles. The monoisotopic (exact) mass is 233 g/mol. The second-order valence-electron chi connectivity index (χ2n) is 3.38. The van der Waals surface area contributed by atoms with Crippen LogP contribution in [0.15, 0.2) is 41.4 Å². The van der Waals surface area contributed by atoms with Gasteiger partial charge in [-0.25, -0.2) is 0 Å². The fourth-order valence-electron chi connectivity index (χ4n) is 1.32. The van der Waals surface area contributed by atoms with Crippen LogP contribution < -0.4 is 5.32 Å². The van der Waals surface area contributed by atoms with Crippen molar-refractivity contribution < 1.29 is 4.79 Å². The largest absolute Gasteiger partial charge is 0.305 e. The Hall–Kier alpha value is -1.75. The van der Waals surface area contributed by atoms with Gasteiger partial charge in [-0.15, -0.1) is 12.6 Å². The van der Waals surface area contributed by atoms with E-state index < -0.39 is 0 Å². The highest BCUT2D eigenvalue weighted by atomic mass is 32.1. The smallest absolute Gasteiger partial charge is 0.256 e. The molecule has 16 heavy (non-hydrogen) atoms. The minimum atomic E-state index is -0.186. The Morgan fingerprint density at radius 3 is 2.88 bits per heavy atom. The molecular weight excluding hydrogens is 222 g/mol. The number of nitrogens with zero attached hydrogens (tertiary/aromatic N) is 2. The number of hydrogen-bond donors (Lipinski definition) is 2. The first-order valence-corrected chi connectivity index (χ1v) is 5.20. The van der Waals surface area contributed by atoms with Gasteiger partial charge in [-0.1, -0.05) is 6.07 Å². The molecule has 5 heteroatoms. The van der Waals surface area contributed by atoms with Gasteiger partial charge in [0, 0.05) is 29.8 Å². The maximum absolute atomic E-state index is 11.8. The minimum Gasteiger partial charge on any atom is -0.305 e. The molecule has 0 saturated carbocycles. The number of benzene rings is 1. The quantitative estimate of drug-likeness (QED) is 0.779. The molecule has 1 aromatic heterocycles.